The van der Waals surface area contributed by atoms with Gasteiger partial charge in [-0.3, -0.25) is 9.59 Å². The monoisotopic (exact) mass is 658 g/mol. The Bertz CT molecular complexity index is 2360. The zero-order valence-electron chi connectivity index (χ0n) is 23.7. The molecule has 7 rings (SSSR count). The van der Waals surface area contributed by atoms with E-state index in [1.807, 2.05) is 12.1 Å². The molecule has 0 saturated carbocycles. The van der Waals surface area contributed by atoms with Crippen molar-refractivity contribution in [1.29, 1.82) is 0 Å². The van der Waals surface area contributed by atoms with Crippen molar-refractivity contribution in [2.24, 2.45) is 5.73 Å². The fraction of sp³-hybridized carbons (Fsp3) is 0.0606. The van der Waals surface area contributed by atoms with Gasteiger partial charge in [0.15, 0.2) is 11.3 Å². The Labute approximate surface area is 265 Å². The average molecular weight is 659 g/mol. The number of anilines is 1. The second kappa shape index (κ2) is 11.2. The highest BCUT2D eigenvalue weighted by Gasteiger charge is 2.36. The lowest BCUT2D eigenvalue weighted by Gasteiger charge is -2.13. The number of carbonyl (C=O) groups excluding carboxylic acids is 2. The molecule has 8 nitrogen and oxygen atoms in total. The van der Waals surface area contributed by atoms with Crippen LogP contribution in [0.5, 0.6) is 0 Å². The molecule has 234 valence electrons. The van der Waals surface area contributed by atoms with E-state index < -0.39 is 41.5 Å². The number of benzene rings is 3. The third-order valence-corrected chi connectivity index (χ3v) is 8.62. The second-order valence-electron chi connectivity index (χ2n) is 10.4. The van der Waals surface area contributed by atoms with Gasteiger partial charge in [-0.2, -0.15) is 18.3 Å². The lowest BCUT2D eigenvalue weighted by molar-refractivity contribution is -0.142. The van der Waals surface area contributed by atoms with Crippen molar-refractivity contribution in [3.8, 4) is 22.4 Å². The zero-order valence-corrected chi connectivity index (χ0v) is 24.5. The van der Waals surface area contributed by atoms with Crippen LogP contribution in [-0.2, 0) is 6.18 Å². The molecule has 4 heterocycles. The van der Waals surface area contributed by atoms with Crippen molar-refractivity contribution >= 4 is 55.5 Å². The van der Waals surface area contributed by atoms with Crippen LogP contribution in [0.3, 0.4) is 0 Å². The Kier molecular flexibility index (Phi) is 7.16. The van der Waals surface area contributed by atoms with Gasteiger partial charge in [0.05, 0.1) is 17.6 Å². The van der Waals surface area contributed by atoms with Gasteiger partial charge in [0.2, 0.25) is 0 Å². The van der Waals surface area contributed by atoms with Gasteiger partial charge in [-0.15, -0.1) is 11.3 Å². The number of nitrogens with zero attached hydrogens (tertiary/aromatic N) is 4. The first-order chi connectivity index (χ1) is 22.5. The first-order valence-electron chi connectivity index (χ1n) is 13.9. The first kappa shape index (κ1) is 29.9. The fourth-order valence-electron chi connectivity index (χ4n) is 5.46. The summed E-state index contributed by atoms with van der Waals surface area (Å²) >= 11 is 0.703. The molecule has 2 amide bonds. The SMILES string of the molecule is NC(=O)c1sc2nc(C(F)F)cc(-c3ccccc3)c2c1NC(=O)c1cnn2c(C(F)(F)F)cc(-c3cccc4ccccc34)nc12. The molecular formula is C33H19F5N6O2S. The van der Waals surface area contributed by atoms with Crippen LogP contribution in [-0.4, -0.2) is 31.4 Å². The van der Waals surface area contributed by atoms with Crippen molar-refractivity contribution in [3.63, 3.8) is 0 Å². The molecule has 4 aromatic heterocycles. The van der Waals surface area contributed by atoms with Crippen molar-refractivity contribution < 1.29 is 31.5 Å². The van der Waals surface area contributed by atoms with Crippen molar-refractivity contribution in [3.05, 3.63) is 113 Å². The largest absolute Gasteiger partial charge is 0.433 e. The van der Waals surface area contributed by atoms with Crippen LogP contribution in [0, 0.1) is 0 Å². The molecule has 0 bridgehead atoms. The van der Waals surface area contributed by atoms with Crippen molar-refractivity contribution in [1.82, 2.24) is 19.6 Å². The fourth-order valence-corrected chi connectivity index (χ4v) is 6.47. The number of hydrogen-bond donors (Lipinski definition) is 2. The number of primary amides is 1. The highest BCUT2D eigenvalue weighted by molar-refractivity contribution is 7.21. The van der Waals surface area contributed by atoms with E-state index >= 15 is 0 Å². The highest BCUT2D eigenvalue weighted by atomic mass is 32.1. The van der Waals surface area contributed by atoms with Gasteiger partial charge in [-0.05, 0) is 34.0 Å². The highest BCUT2D eigenvalue weighted by Crippen LogP contribution is 2.43. The number of hydrogen-bond acceptors (Lipinski definition) is 6. The van der Waals surface area contributed by atoms with Gasteiger partial charge in [0.25, 0.3) is 18.2 Å². The van der Waals surface area contributed by atoms with Crippen LogP contribution >= 0.6 is 11.3 Å². The van der Waals surface area contributed by atoms with Crippen LogP contribution in [0.25, 0.3) is 49.0 Å². The smallest absolute Gasteiger partial charge is 0.365 e. The van der Waals surface area contributed by atoms with Crippen LogP contribution in [0.1, 0.15) is 37.8 Å². The van der Waals surface area contributed by atoms with E-state index in [4.69, 9.17) is 5.73 Å². The van der Waals surface area contributed by atoms with Crippen molar-refractivity contribution in [2.75, 3.05) is 5.32 Å². The summed E-state index contributed by atoms with van der Waals surface area (Å²) in [4.78, 5) is 34.7. The van der Waals surface area contributed by atoms with E-state index in [0.717, 1.165) is 23.7 Å². The summed E-state index contributed by atoms with van der Waals surface area (Å²) in [6, 6.07) is 22.6. The Morgan fingerprint density at radius 3 is 2.34 bits per heavy atom. The predicted molar refractivity (Wildman–Crippen MR) is 167 cm³/mol. The molecule has 0 aliphatic rings. The average Bonchev–Trinajstić information content (AvgIpc) is 3.65. The number of fused-ring (bicyclic) bond motifs is 3. The Morgan fingerprint density at radius 1 is 0.894 bits per heavy atom. The first-order valence-corrected chi connectivity index (χ1v) is 14.7. The van der Waals surface area contributed by atoms with Crippen LogP contribution in [0.4, 0.5) is 27.6 Å². The molecule has 0 spiro atoms. The normalized spacial score (nSPS) is 12.0. The number of pyridine rings is 1. The van der Waals surface area contributed by atoms with Gasteiger partial charge in [-0.25, -0.2) is 23.3 Å². The standard InChI is InChI=1S/C33H19F5N6O2S/c34-28(35)23-13-20(17-7-2-1-3-8-17)25-26(27(29(39)45)47-32(25)42-23)43-31(46)21-15-40-44-24(33(36,37)38)14-22(41-30(21)44)19-12-6-10-16-9-4-5-11-18(16)19/h1-15,28H,(H2,39,45)(H,43,46). The third kappa shape index (κ3) is 5.21. The molecule has 0 radical (unpaired) electrons. The maximum absolute atomic E-state index is 14.4. The minimum atomic E-state index is -4.87. The van der Waals surface area contributed by atoms with Gasteiger partial charge in [0.1, 0.15) is 21.0 Å². The van der Waals surface area contributed by atoms with E-state index in [0.29, 0.717) is 32.4 Å². The number of aromatic nitrogens is 4. The third-order valence-electron chi connectivity index (χ3n) is 7.53. The number of thiophene rings is 1. The molecule has 0 aliphatic carbocycles. The molecule has 47 heavy (non-hydrogen) atoms. The van der Waals surface area contributed by atoms with E-state index in [2.05, 4.69) is 20.4 Å². The van der Waals surface area contributed by atoms with E-state index in [1.54, 1.807) is 60.7 Å². The van der Waals surface area contributed by atoms with Crippen LogP contribution < -0.4 is 11.1 Å². The summed E-state index contributed by atoms with van der Waals surface area (Å²) in [5.41, 5.74) is 4.11. The number of nitrogens with one attached hydrogen (secondary N) is 1. The topological polar surface area (TPSA) is 115 Å². The molecule has 14 heteroatoms. The Morgan fingerprint density at radius 2 is 1.62 bits per heavy atom. The number of halogens is 5. The second-order valence-corrected chi connectivity index (χ2v) is 11.4. The van der Waals surface area contributed by atoms with Gasteiger partial charge in [0, 0.05) is 10.9 Å². The molecule has 7 aromatic rings. The number of carbonyl (C=O) groups is 2. The minimum absolute atomic E-state index is 0.00124. The molecular weight excluding hydrogens is 639 g/mol. The molecule has 0 unspecified atom stereocenters. The lowest BCUT2D eigenvalue weighted by atomic mass is 10.0. The quantitative estimate of drug-likeness (QED) is 0.175. The summed E-state index contributed by atoms with van der Waals surface area (Å²) in [6.45, 7) is 0. The van der Waals surface area contributed by atoms with E-state index in [1.165, 1.54) is 0 Å². The Balaban J connectivity index is 1.42. The molecule has 3 aromatic carbocycles. The maximum Gasteiger partial charge on any atom is 0.433 e. The van der Waals surface area contributed by atoms with Crippen molar-refractivity contribution in [2.45, 2.75) is 12.6 Å². The number of nitrogens with two attached hydrogens (primary N) is 1. The molecule has 0 saturated heterocycles. The van der Waals surface area contributed by atoms with E-state index in [-0.39, 0.29) is 37.6 Å². The lowest BCUT2D eigenvalue weighted by Crippen LogP contribution is -2.18. The summed E-state index contributed by atoms with van der Waals surface area (Å²) in [7, 11) is 0. The molecule has 0 aliphatic heterocycles. The van der Waals surface area contributed by atoms with Crippen LogP contribution in [0.15, 0.2) is 91.1 Å². The number of rotatable bonds is 6. The molecule has 3 N–H and O–H groups in total. The maximum atomic E-state index is 14.4. The minimum Gasteiger partial charge on any atom is -0.365 e. The van der Waals surface area contributed by atoms with Gasteiger partial charge < -0.3 is 11.1 Å². The van der Waals surface area contributed by atoms with Gasteiger partial charge in [-0.1, -0.05) is 72.8 Å². The number of amides is 2. The number of alkyl halides is 5. The molecule has 0 atom stereocenters. The van der Waals surface area contributed by atoms with E-state index in [9.17, 15) is 31.5 Å². The Hall–Kier alpha value is -5.76. The summed E-state index contributed by atoms with van der Waals surface area (Å²) in [5, 5.41) is 7.99. The molecule has 0 fully saturated rings. The van der Waals surface area contributed by atoms with Gasteiger partial charge >= 0.3 is 6.18 Å². The predicted octanol–water partition coefficient (Wildman–Crippen LogP) is 8.13. The summed E-state index contributed by atoms with van der Waals surface area (Å²) < 4.78 is 71.3. The summed E-state index contributed by atoms with van der Waals surface area (Å²) in [6.07, 6.45) is -6.88. The zero-order chi connectivity index (χ0) is 33.0. The van der Waals surface area contributed by atoms with Crippen LogP contribution in [0.2, 0.25) is 0 Å². The summed E-state index contributed by atoms with van der Waals surface area (Å²) in [5.74, 6) is -1.94.